The van der Waals surface area contributed by atoms with Gasteiger partial charge in [0.1, 0.15) is 24.1 Å². The summed E-state index contributed by atoms with van der Waals surface area (Å²) in [5.41, 5.74) is 1.64. The molecule has 0 spiro atoms. The van der Waals surface area contributed by atoms with Gasteiger partial charge in [-0.05, 0) is 24.3 Å². The summed E-state index contributed by atoms with van der Waals surface area (Å²) in [6.45, 7) is 3.79. The van der Waals surface area contributed by atoms with Crippen LogP contribution in [0, 0.1) is 5.92 Å². The monoisotopic (exact) mass is 507 g/mol. The number of aromatic nitrogens is 1. The molecule has 8 nitrogen and oxygen atoms in total. The highest BCUT2D eigenvalue weighted by atomic mass is 35.5. The Kier molecular flexibility index (Phi) is 7.86. The van der Waals surface area contributed by atoms with Crippen LogP contribution in [-0.4, -0.2) is 74.3 Å². The van der Waals surface area contributed by atoms with Gasteiger partial charge in [-0.15, -0.1) is 0 Å². The van der Waals surface area contributed by atoms with E-state index in [0.717, 1.165) is 36.6 Å². The molecule has 3 heterocycles. The fourth-order valence-electron chi connectivity index (χ4n) is 5.02. The molecule has 0 saturated carbocycles. The number of ether oxygens (including phenoxy) is 3. The number of methoxy groups -OCH3 is 2. The molecule has 2 aromatic rings. The highest BCUT2D eigenvalue weighted by molar-refractivity contribution is 6.33. The lowest BCUT2D eigenvalue weighted by Crippen LogP contribution is -2.44. The van der Waals surface area contributed by atoms with Crippen LogP contribution in [-0.2, 0) is 9.53 Å². The third-order valence-corrected chi connectivity index (χ3v) is 7.10. The van der Waals surface area contributed by atoms with Gasteiger partial charge in [0.25, 0.3) is 0 Å². The van der Waals surface area contributed by atoms with Gasteiger partial charge in [0.05, 0.1) is 43.0 Å². The number of halogens is 2. The number of benzene rings is 1. The fourth-order valence-corrected chi connectivity index (χ4v) is 5.25. The molecule has 2 unspecified atom stereocenters. The standard InChI is InChI=1S/C25H31ClFN3O5/c1-15-13-29(20-10-23(33-2)28-12-18(20)26)9-8-22(15)35-17-6-4-16(5-7-17)30-14-19(27)25(34-3)21(30)11-24(31)32/h4-7,10,12,15,19,21-22,25H,8-9,11,13-14H2,1-3H3,(H,31,32)/t15?,19-,21+,22?,25+/m1/s1. The molecule has 4 rings (SSSR count). The van der Waals surface area contributed by atoms with Crippen LogP contribution >= 0.6 is 11.6 Å². The topological polar surface area (TPSA) is 84.4 Å². The van der Waals surface area contributed by atoms with Crippen molar-refractivity contribution < 1.29 is 28.5 Å². The zero-order valence-electron chi connectivity index (χ0n) is 20.1. The second-order valence-electron chi connectivity index (χ2n) is 9.07. The van der Waals surface area contributed by atoms with Crippen LogP contribution in [0.1, 0.15) is 19.8 Å². The third kappa shape index (κ3) is 5.56. The summed E-state index contributed by atoms with van der Waals surface area (Å²) < 4.78 is 31.3. The summed E-state index contributed by atoms with van der Waals surface area (Å²) in [6, 6.07) is 8.67. The van der Waals surface area contributed by atoms with Gasteiger partial charge >= 0.3 is 5.97 Å². The summed E-state index contributed by atoms with van der Waals surface area (Å²) in [6.07, 6.45) is 0.226. The lowest BCUT2D eigenvalue weighted by Gasteiger charge is -2.38. The lowest BCUT2D eigenvalue weighted by molar-refractivity contribution is -0.138. The predicted molar refractivity (Wildman–Crippen MR) is 132 cm³/mol. The largest absolute Gasteiger partial charge is 0.490 e. The fraction of sp³-hybridized carbons (Fsp3) is 0.520. The molecule has 1 aromatic heterocycles. The first-order valence-corrected chi connectivity index (χ1v) is 12.0. The van der Waals surface area contributed by atoms with E-state index in [4.69, 9.17) is 25.8 Å². The summed E-state index contributed by atoms with van der Waals surface area (Å²) in [4.78, 5) is 19.5. The third-order valence-electron chi connectivity index (χ3n) is 6.81. The number of pyridine rings is 1. The molecule has 2 fully saturated rings. The summed E-state index contributed by atoms with van der Waals surface area (Å²) >= 11 is 6.38. The van der Waals surface area contributed by atoms with Crippen molar-refractivity contribution in [2.75, 3.05) is 43.7 Å². The summed E-state index contributed by atoms with van der Waals surface area (Å²) in [5, 5.41) is 9.86. The number of hydrogen-bond donors (Lipinski definition) is 1. The van der Waals surface area contributed by atoms with Crippen molar-refractivity contribution >= 4 is 28.9 Å². The first-order valence-electron chi connectivity index (χ1n) is 11.7. The molecule has 0 aliphatic carbocycles. The number of rotatable bonds is 8. The van der Waals surface area contributed by atoms with E-state index in [9.17, 15) is 14.3 Å². The minimum absolute atomic E-state index is 0.0271. The van der Waals surface area contributed by atoms with Crippen molar-refractivity contribution in [3.63, 3.8) is 0 Å². The quantitative estimate of drug-likeness (QED) is 0.573. The Morgan fingerprint density at radius 3 is 2.63 bits per heavy atom. The number of anilines is 2. The Morgan fingerprint density at radius 2 is 2.00 bits per heavy atom. The predicted octanol–water partition coefficient (Wildman–Crippen LogP) is 4.05. The number of nitrogens with zero attached hydrogens (tertiary/aromatic N) is 3. The second-order valence-corrected chi connectivity index (χ2v) is 9.48. The zero-order chi connectivity index (χ0) is 25.1. The maximum absolute atomic E-state index is 14.5. The Morgan fingerprint density at radius 1 is 1.26 bits per heavy atom. The van der Waals surface area contributed by atoms with Crippen molar-refractivity contribution in [1.29, 1.82) is 0 Å². The van der Waals surface area contributed by atoms with E-state index in [2.05, 4.69) is 16.8 Å². The van der Waals surface area contributed by atoms with Crippen LogP contribution in [0.25, 0.3) is 0 Å². The van der Waals surface area contributed by atoms with Crippen LogP contribution in [0.3, 0.4) is 0 Å². The van der Waals surface area contributed by atoms with E-state index in [1.807, 2.05) is 30.3 Å². The molecule has 0 amide bonds. The number of hydrogen-bond acceptors (Lipinski definition) is 7. The Bertz CT molecular complexity index is 1030. The first kappa shape index (κ1) is 25.3. The maximum atomic E-state index is 14.5. The van der Waals surface area contributed by atoms with E-state index < -0.39 is 24.3 Å². The smallest absolute Gasteiger partial charge is 0.305 e. The molecule has 2 aliphatic heterocycles. The van der Waals surface area contributed by atoms with Gasteiger partial charge in [0.15, 0.2) is 0 Å². The van der Waals surface area contributed by atoms with Gasteiger partial charge in [-0.1, -0.05) is 18.5 Å². The molecule has 0 radical (unpaired) electrons. The number of carbonyl (C=O) groups is 1. The van der Waals surface area contributed by atoms with E-state index in [1.165, 1.54) is 7.11 Å². The minimum atomic E-state index is -1.25. The minimum Gasteiger partial charge on any atom is -0.490 e. The van der Waals surface area contributed by atoms with Gasteiger partial charge in [-0.3, -0.25) is 4.79 Å². The number of aliphatic carboxylic acids is 1. The van der Waals surface area contributed by atoms with Crippen LogP contribution in [0.15, 0.2) is 36.5 Å². The van der Waals surface area contributed by atoms with E-state index >= 15 is 0 Å². The average Bonchev–Trinajstić information content (AvgIpc) is 3.15. The Labute approximate surface area is 209 Å². The van der Waals surface area contributed by atoms with Crippen molar-refractivity contribution in [1.82, 2.24) is 4.98 Å². The molecule has 1 aromatic carbocycles. The molecule has 2 saturated heterocycles. The van der Waals surface area contributed by atoms with Crippen LogP contribution in [0.4, 0.5) is 15.8 Å². The van der Waals surface area contributed by atoms with Gasteiger partial charge in [-0.25, -0.2) is 9.37 Å². The SMILES string of the molecule is COc1cc(N2CCC(Oc3ccc(N4C[C@@H](F)[C@H](OC)[C@@H]4CC(=O)O)cc3)C(C)C2)c(Cl)cn1. The molecule has 5 atom stereocenters. The van der Waals surface area contributed by atoms with Crippen molar-refractivity contribution in [3.8, 4) is 11.6 Å². The van der Waals surface area contributed by atoms with E-state index in [0.29, 0.717) is 10.9 Å². The van der Waals surface area contributed by atoms with Crippen LogP contribution in [0.5, 0.6) is 11.6 Å². The summed E-state index contributed by atoms with van der Waals surface area (Å²) in [5.74, 6) is 0.501. The first-order chi connectivity index (χ1) is 16.8. The van der Waals surface area contributed by atoms with Gasteiger partial charge in [-0.2, -0.15) is 0 Å². The number of alkyl halides is 1. The van der Waals surface area contributed by atoms with Crippen LogP contribution in [0.2, 0.25) is 5.02 Å². The van der Waals surface area contributed by atoms with Gasteiger partial charge < -0.3 is 29.1 Å². The molecule has 2 aliphatic rings. The Balaban J connectivity index is 1.40. The number of piperidine rings is 1. The number of carboxylic acid groups (broad SMARTS) is 1. The van der Waals surface area contributed by atoms with E-state index in [1.54, 1.807) is 18.2 Å². The van der Waals surface area contributed by atoms with Crippen molar-refractivity contribution in [3.05, 3.63) is 41.6 Å². The zero-order valence-corrected chi connectivity index (χ0v) is 20.8. The molecule has 0 bridgehead atoms. The molecular formula is C25H31ClFN3O5. The highest BCUT2D eigenvalue weighted by Gasteiger charge is 2.43. The molecule has 1 N–H and O–H groups in total. The van der Waals surface area contributed by atoms with E-state index in [-0.39, 0.29) is 25.0 Å². The highest BCUT2D eigenvalue weighted by Crippen LogP contribution is 2.35. The summed E-state index contributed by atoms with van der Waals surface area (Å²) in [7, 11) is 2.99. The molecular weight excluding hydrogens is 477 g/mol. The van der Waals surface area contributed by atoms with Crippen molar-refractivity contribution in [2.45, 2.75) is 44.2 Å². The van der Waals surface area contributed by atoms with Gasteiger partial charge in [0, 0.05) is 44.3 Å². The second kappa shape index (κ2) is 10.9. The van der Waals surface area contributed by atoms with Gasteiger partial charge in [0.2, 0.25) is 5.88 Å². The average molecular weight is 508 g/mol. The Hall–Kier alpha value is -2.78. The lowest BCUT2D eigenvalue weighted by atomic mass is 9.96. The molecule has 190 valence electrons. The maximum Gasteiger partial charge on any atom is 0.305 e. The normalized spacial score (nSPS) is 26.6. The molecule has 10 heteroatoms. The number of carboxylic acids is 1. The van der Waals surface area contributed by atoms with Crippen molar-refractivity contribution in [2.24, 2.45) is 5.92 Å². The molecule has 35 heavy (non-hydrogen) atoms. The van der Waals surface area contributed by atoms with Crippen LogP contribution < -0.4 is 19.3 Å².